The van der Waals surface area contributed by atoms with Gasteiger partial charge in [-0.2, -0.15) is 0 Å². The molecule has 0 aliphatic rings. The number of aliphatic hydroxyl groups is 1. The number of carboxylic acid groups (broad SMARTS) is 1. The molecule has 0 aliphatic carbocycles. The van der Waals surface area contributed by atoms with Crippen LogP contribution in [0.25, 0.3) is 0 Å². The van der Waals surface area contributed by atoms with E-state index < -0.39 is 30.6 Å². The molecule has 0 radical (unpaired) electrons. The van der Waals surface area contributed by atoms with Crippen LogP contribution in [0.2, 0.25) is 0 Å². The summed E-state index contributed by atoms with van der Waals surface area (Å²) < 4.78 is 0. The number of thioether (sulfide) groups is 1. The number of carboxylic acids is 1. The first-order valence-corrected chi connectivity index (χ1v) is 12.2. The number of aliphatic hydroxyl groups excluding tert-OH is 1. The van der Waals surface area contributed by atoms with Crippen LogP contribution in [0.3, 0.4) is 0 Å². The maximum atomic E-state index is 11.8. The topological polar surface area (TPSA) is 113 Å². The lowest BCUT2D eigenvalue weighted by molar-refractivity contribution is -0.138. The second-order valence-electron chi connectivity index (χ2n) is 7.56. The van der Waals surface area contributed by atoms with E-state index >= 15 is 0 Å². The van der Waals surface area contributed by atoms with E-state index in [1.54, 1.807) is 0 Å². The van der Waals surface area contributed by atoms with Crippen molar-refractivity contribution in [3.8, 4) is 0 Å². The van der Waals surface area contributed by atoms with Crippen molar-refractivity contribution in [2.24, 2.45) is 5.73 Å². The lowest BCUT2D eigenvalue weighted by atomic mass is 10.1. The van der Waals surface area contributed by atoms with Gasteiger partial charge in [-0.25, -0.2) is 0 Å². The number of carbonyl (C=O) groups is 2. The zero-order valence-corrected chi connectivity index (χ0v) is 19.1. The third-order valence-electron chi connectivity index (χ3n) is 4.74. The van der Waals surface area contributed by atoms with Gasteiger partial charge in [0.1, 0.15) is 6.54 Å². The number of nitrogens with one attached hydrogen (secondary N) is 1. The summed E-state index contributed by atoms with van der Waals surface area (Å²) in [7, 11) is 0. The third-order valence-corrected chi connectivity index (χ3v) is 6.04. The van der Waals surface area contributed by atoms with Gasteiger partial charge < -0.3 is 21.3 Å². The van der Waals surface area contributed by atoms with Crippen LogP contribution in [0, 0.1) is 0 Å². The summed E-state index contributed by atoms with van der Waals surface area (Å²) in [6.45, 7) is 3.89. The molecule has 0 aromatic carbocycles. The van der Waals surface area contributed by atoms with Crippen molar-refractivity contribution < 1.29 is 19.8 Å². The minimum atomic E-state index is -1.10. The SMILES string of the molecule is CCCCCCCCCCC=C(SC[C@H](N)C(=O)NCC(=O)O)[C@@H](O)CCCC. The number of hydrogen-bond donors (Lipinski definition) is 4. The lowest BCUT2D eigenvalue weighted by Gasteiger charge is -2.17. The summed E-state index contributed by atoms with van der Waals surface area (Å²) >= 11 is 1.41. The maximum Gasteiger partial charge on any atom is 0.322 e. The largest absolute Gasteiger partial charge is 0.480 e. The normalized spacial score (nSPS) is 13.9. The number of aliphatic carboxylic acids is 1. The summed E-state index contributed by atoms with van der Waals surface area (Å²) in [6.07, 6.45) is 15.3. The van der Waals surface area contributed by atoms with E-state index in [0.717, 1.165) is 30.6 Å². The number of allylic oxidation sites excluding steroid dienone is 1. The Morgan fingerprint density at radius 3 is 2.17 bits per heavy atom. The molecule has 1 amide bonds. The average Bonchev–Trinajstić information content (AvgIpc) is 2.70. The van der Waals surface area contributed by atoms with Gasteiger partial charge >= 0.3 is 5.97 Å². The smallest absolute Gasteiger partial charge is 0.322 e. The first-order chi connectivity index (χ1) is 13.9. The van der Waals surface area contributed by atoms with Crippen LogP contribution in [0.4, 0.5) is 0 Å². The molecule has 0 unspecified atom stereocenters. The van der Waals surface area contributed by atoms with Crippen LogP contribution in [-0.4, -0.2) is 46.5 Å². The molecule has 0 heterocycles. The van der Waals surface area contributed by atoms with Gasteiger partial charge in [-0.1, -0.05) is 77.7 Å². The van der Waals surface area contributed by atoms with E-state index in [4.69, 9.17) is 10.8 Å². The number of nitrogens with two attached hydrogens (primary N) is 1. The Morgan fingerprint density at radius 1 is 1.00 bits per heavy atom. The van der Waals surface area contributed by atoms with Gasteiger partial charge in [-0.05, 0) is 19.3 Å². The molecule has 0 aromatic rings. The molecule has 0 aliphatic heterocycles. The Kier molecular flexibility index (Phi) is 18.3. The summed E-state index contributed by atoms with van der Waals surface area (Å²) in [4.78, 5) is 23.2. The molecule has 6 nitrogen and oxygen atoms in total. The van der Waals surface area contributed by atoms with E-state index in [2.05, 4.69) is 25.2 Å². The molecule has 0 rings (SSSR count). The molecule has 170 valence electrons. The Labute approximate surface area is 181 Å². The molecule has 0 saturated carbocycles. The molecule has 7 heteroatoms. The highest BCUT2D eigenvalue weighted by Crippen LogP contribution is 2.25. The van der Waals surface area contributed by atoms with Crippen LogP contribution in [0.1, 0.15) is 90.9 Å². The summed E-state index contributed by atoms with van der Waals surface area (Å²) in [5.41, 5.74) is 5.86. The van der Waals surface area contributed by atoms with Gasteiger partial charge in [0.05, 0.1) is 12.1 Å². The quantitative estimate of drug-likeness (QED) is 0.228. The van der Waals surface area contributed by atoms with E-state index in [-0.39, 0.29) is 0 Å². The van der Waals surface area contributed by atoms with Crippen molar-refractivity contribution in [3.63, 3.8) is 0 Å². The van der Waals surface area contributed by atoms with Gasteiger partial charge in [0, 0.05) is 10.7 Å². The highest BCUT2D eigenvalue weighted by Gasteiger charge is 2.17. The van der Waals surface area contributed by atoms with Crippen molar-refractivity contribution >= 4 is 23.6 Å². The van der Waals surface area contributed by atoms with E-state index in [0.29, 0.717) is 12.2 Å². The van der Waals surface area contributed by atoms with Gasteiger partial charge in [0.25, 0.3) is 0 Å². The van der Waals surface area contributed by atoms with Gasteiger partial charge in [0.15, 0.2) is 0 Å². The summed E-state index contributed by atoms with van der Waals surface area (Å²) in [5.74, 6) is -1.26. The number of amides is 1. The highest BCUT2D eigenvalue weighted by atomic mass is 32.2. The van der Waals surface area contributed by atoms with Gasteiger partial charge in [-0.15, -0.1) is 11.8 Å². The summed E-state index contributed by atoms with van der Waals surface area (Å²) in [5, 5.41) is 21.4. The Hall–Kier alpha value is -1.05. The second-order valence-corrected chi connectivity index (χ2v) is 8.65. The van der Waals surface area contributed by atoms with Crippen LogP contribution in [0.5, 0.6) is 0 Å². The average molecular weight is 431 g/mol. The molecule has 0 saturated heterocycles. The predicted molar refractivity (Wildman–Crippen MR) is 122 cm³/mol. The van der Waals surface area contributed by atoms with Crippen LogP contribution < -0.4 is 11.1 Å². The molecule has 29 heavy (non-hydrogen) atoms. The minimum absolute atomic E-state index is 0.317. The standard InChI is InChI=1S/C22H42N2O4S/c1-3-5-7-8-9-10-11-12-13-15-20(19(25)14-6-4-2)29-17-18(23)22(28)24-16-21(26)27/h15,18-19,25H,3-14,16-17,23H2,1-2H3,(H,24,28)(H,26,27)/t18-,19-/m0/s1. The van der Waals surface area contributed by atoms with Crippen molar-refractivity contribution in [1.29, 1.82) is 0 Å². The van der Waals surface area contributed by atoms with Gasteiger partial charge in [-0.3, -0.25) is 9.59 Å². The predicted octanol–water partition coefficient (Wildman–Crippen LogP) is 4.21. The monoisotopic (exact) mass is 430 g/mol. The van der Waals surface area contributed by atoms with E-state index in [1.165, 1.54) is 56.7 Å². The Balaban J connectivity index is 4.37. The van der Waals surface area contributed by atoms with Crippen LogP contribution >= 0.6 is 11.8 Å². The second kappa shape index (κ2) is 18.9. The van der Waals surface area contributed by atoms with Crippen molar-refractivity contribution in [3.05, 3.63) is 11.0 Å². The third kappa shape index (κ3) is 16.4. The zero-order chi connectivity index (χ0) is 21.9. The van der Waals surface area contributed by atoms with Crippen molar-refractivity contribution in [2.45, 2.75) is 103 Å². The Morgan fingerprint density at radius 2 is 1.59 bits per heavy atom. The molecule has 0 fully saturated rings. The fourth-order valence-corrected chi connectivity index (χ4v) is 3.98. The van der Waals surface area contributed by atoms with Crippen LogP contribution in [-0.2, 0) is 9.59 Å². The first kappa shape index (κ1) is 27.9. The molecule has 2 atom stereocenters. The fraction of sp³-hybridized carbons (Fsp3) is 0.818. The van der Waals surface area contributed by atoms with E-state index in [9.17, 15) is 14.7 Å². The number of hydrogen-bond acceptors (Lipinski definition) is 5. The molecule has 5 N–H and O–H groups in total. The molecule has 0 bridgehead atoms. The molecular weight excluding hydrogens is 388 g/mol. The van der Waals surface area contributed by atoms with Crippen molar-refractivity contribution in [2.75, 3.05) is 12.3 Å². The molecule has 0 aromatic heterocycles. The molecular formula is C22H42N2O4S. The summed E-state index contributed by atoms with van der Waals surface area (Å²) in [6, 6.07) is -0.802. The zero-order valence-electron chi connectivity index (χ0n) is 18.3. The number of carbonyl (C=O) groups excluding carboxylic acids is 1. The first-order valence-electron chi connectivity index (χ1n) is 11.2. The van der Waals surface area contributed by atoms with Crippen molar-refractivity contribution in [1.82, 2.24) is 5.32 Å². The lowest BCUT2D eigenvalue weighted by Crippen LogP contribution is -2.44. The van der Waals surface area contributed by atoms with Gasteiger partial charge in [0.2, 0.25) is 5.91 Å². The fourth-order valence-electron chi connectivity index (χ4n) is 2.91. The molecule has 0 spiro atoms. The van der Waals surface area contributed by atoms with Crippen LogP contribution in [0.15, 0.2) is 11.0 Å². The Bertz CT molecular complexity index is 472. The van der Waals surface area contributed by atoms with E-state index in [1.807, 2.05) is 0 Å². The number of unbranched alkanes of at least 4 members (excludes halogenated alkanes) is 9. The number of rotatable bonds is 19. The minimum Gasteiger partial charge on any atom is -0.480 e. The maximum absolute atomic E-state index is 11.8. The highest BCUT2D eigenvalue weighted by molar-refractivity contribution is 8.03.